The Morgan fingerprint density at radius 3 is 2.89 bits per heavy atom. The maximum atomic E-state index is 5.21. The molecule has 2 rings (SSSR count). The number of nitrogens with one attached hydrogen (secondary N) is 1. The second-order valence-corrected chi connectivity index (χ2v) is 5.42. The monoisotopic (exact) mass is 263 g/mol. The maximum absolute atomic E-state index is 5.21. The molecule has 1 fully saturated rings. The summed E-state index contributed by atoms with van der Waals surface area (Å²) in [5.74, 6) is 1.09. The third-order valence-electron chi connectivity index (χ3n) is 3.46. The van der Waals surface area contributed by atoms with Gasteiger partial charge in [0.25, 0.3) is 0 Å². The third kappa shape index (κ3) is 4.18. The molecule has 1 heterocycles. The fraction of sp³-hybridized carbons (Fsp3) is 0.667. The smallest absolute Gasteiger partial charge is 0.133 e. The number of anilines is 1. The van der Waals surface area contributed by atoms with Gasteiger partial charge in [0.05, 0.1) is 6.61 Å². The van der Waals surface area contributed by atoms with Crippen LogP contribution in [0, 0.1) is 0 Å². The summed E-state index contributed by atoms with van der Waals surface area (Å²) in [6.45, 7) is 6.90. The van der Waals surface area contributed by atoms with Crippen LogP contribution in [0.1, 0.15) is 32.3 Å². The van der Waals surface area contributed by atoms with Gasteiger partial charge < -0.3 is 15.0 Å². The van der Waals surface area contributed by atoms with Crippen LogP contribution in [-0.4, -0.2) is 37.3 Å². The highest BCUT2D eigenvalue weighted by atomic mass is 16.5. The average Bonchev–Trinajstić information content (AvgIpc) is 3.21. The van der Waals surface area contributed by atoms with Gasteiger partial charge in [-0.3, -0.25) is 0 Å². The Bertz CT molecular complexity index is 391. The molecule has 0 radical (unpaired) electrons. The van der Waals surface area contributed by atoms with Crippen LogP contribution in [0.15, 0.2) is 18.3 Å². The van der Waals surface area contributed by atoms with Crippen molar-refractivity contribution in [2.45, 2.75) is 45.3 Å². The topological polar surface area (TPSA) is 37.4 Å². The van der Waals surface area contributed by atoms with Crippen molar-refractivity contribution in [3.63, 3.8) is 0 Å². The van der Waals surface area contributed by atoms with E-state index in [1.54, 1.807) is 7.11 Å². The lowest BCUT2D eigenvalue weighted by atomic mass is 10.2. The summed E-state index contributed by atoms with van der Waals surface area (Å²) in [5.41, 5.74) is 1.28. The van der Waals surface area contributed by atoms with Gasteiger partial charge in [0, 0.05) is 44.0 Å². The Morgan fingerprint density at radius 1 is 1.47 bits per heavy atom. The van der Waals surface area contributed by atoms with Crippen molar-refractivity contribution < 1.29 is 4.74 Å². The van der Waals surface area contributed by atoms with Crippen molar-refractivity contribution >= 4 is 5.82 Å². The van der Waals surface area contributed by atoms with Crippen LogP contribution in [0.3, 0.4) is 0 Å². The number of pyridine rings is 1. The van der Waals surface area contributed by atoms with E-state index in [4.69, 9.17) is 4.74 Å². The van der Waals surface area contributed by atoms with Crippen LogP contribution >= 0.6 is 0 Å². The number of hydrogen-bond donors (Lipinski definition) is 1. The first-order valence-corrected chi connectivity index (χ1v) is 7.15. The molecule has 106 valence electrons. The zero-order chi connectivity index (χ0) is 13.7. The molecule has 0 saturated heterocycles. The number of aromatic nitrogens is 1. The molecule has 0 amide bonds. The van der Waals surface area contributed by atoms with Crippen LogP contribution in [0.2, 0.25) is 0 Å². The predicted octanol–water partition coefficient (Wildman–Crippen LogP) is 2.19. The largest absolute Gasteiger partial charge is 0.383 e. The van der Waals surface area contributed by atoms with Gasteiger partial charge >= 0.3 is 0 Å². The fourth-order valence-corrected chi connectivity index (χ4v) is 2.17. The molecule has 4 heteroatoms. The van der Waals surface area contributed by atoms with Crippen LogP contribution < -0.4 is 10.2 Å². The van der Waals surface area contributed by atoms with Gasteiger partial charge in [-0.1, -0.05) is 6.07 Å². The summed E-state index contributed by atoms with van der Waals surface area (Å²) < 4.78 is 5.21. The molecule has 0 aromatic carbocycles. The van der Waals surface area contributed by atoms with Crippen molar-refractivity contribution in [1.82, 2.24) is 10.3 Å². The first kappa shape index (κ1) is 14.3. The second-order valence-electron chi connectivity index (χ2n) is 5.42. The van der Waals surface area contributed by atoms with E-state index in [-0.39, 0.29) is 0 Å². The molecule has 0 spiro atoms. The van der Waals surface area contributed by atoms with Gasteiger partial charge in [0.1, 0.15) is 5.82 Å². The summed E-state index contributed by atoms with van der Waals surface area (Å²) >= 11 is 0. The van der Waals surface area contributed by atoms with E-state index in [2.05, 4.69) is 35.1 Å². The van der Waals surface area contributed by atoms with Crippen LogP contribution in [0.5, 0.6) is 0 Å². The van der Waals surface area contributed by atoms with Crippen molar-refractivity contribution in [3.8, 4) is 0 Å². The minimum Gasteiger partial charge on any atom is -0.383 e. The summed E-state index contributed by atoms with van der Waals surface area (Å²) in [5, 5.41) is 3.57. The molecule has 1 aromatic heterocycles. The molecule has 4 nitrogen and oxygen atoms in total. The fourth-order valence-electron chi connectivity index (χ4n) is 2.17. The first-order valence-electron chi connectivity index (χ1n) is 7.15. The third-order valence-corrected chi connectivity index (χ3v) is 3.46. The van der Waals surface area contributed by atoms with Crippen molar-refractivity contribution in [2.75, 3.05) is 25.2 Å². The number of methoxy groups -OCH3 is 1. The van der Waals surface area contributed by atoms with E-state index in [1.165, 1.54) is 18.4 Å². The molecule has 19 heavy (non-hydrogen) atoms. The van der Waals surface area contributed by atoms with Gasteiger partial charge in [-0.2, -0.15) is 0 Å². The van der Waals surface area contributed by atoms with Crippen molar-refractivity contribution in [1.29, 1.82) is 0 Å². The maximum Gasteiger partial charge on any atom is 0.133 e. The molecule has 1 aliphatic carbocycles. The zero-order valence-corrected chi connectivity index (χ0v) is 12.2. The van der Waals surface area contributed by atoms with Gasteiger partial charge in [-0.15, -0.1) is 0 Å². The SMILES string of the molecule is COCCN(c1ncccc1CNC1CC1)C(C)C. The lowest BCUT2D eigenvalue weighted by molar-refractivity contribution is 0.203. The van der Waals surface area contributed by atoms with E-state index in [9.17, 15) is 0 Å². The van der Waals surface area contributed by atoms with Crippen molar-refractivity contribution in [2.24, 2.45) is 0 Å². The van der Waals surface area contributed by atoms with E-state index >= 15 is 0 Å². The summed E-state index contributed by atoms with van der Waals surface area (Å²) in [6.07, 6.45) is 4.50. The van der Waals surface area contributed by atoms with E-state index in [0.29, 0.717) is 6.04 Å². The normalized spacial score (nSPS) is 14.9. The second kappa shape index (κ2) is 6.87. The molecule has 0 unspecified atom stereocenters. The molecule has 0 aliphatic heterocycles. The standard InChI is InChI=1S/C15H25N3O/c1-12(2)18(9-10-19-3)15-13(5-4-8-16-15)11-17-14-6-7-14/h4-5,8,12,14,17H,6-7,9-11H2,1-3H3. The highest BCUT2D eigenvalue weighted by molar-refractivity contribution is 5.47. The van der Waals surface area contributed by atoms with E-state index < -0.39 is 0 Å². The van der Waals surface area contributed by atoms with Crippen LogP contribution in [0.25, 0.3) is 0 Å². The summed E-state index contributed by atoms with van der Waals surface area (Å²) in [4.78, 5) is 6.89. The van der Waals surface area contributed by atoms with Crippen LogP contribution in [0.4, 0.5) is 5.82 Å². The van der Waals surface area contributed by atoms with Gasteiger partial charge in [-0.25, -0.2) is 4.98 Å². The minimum absolute atomic E-state index is 0.421. The molecule has 1 N–H and O–H groups in total. The number of ether oxygens (including phenoxy) is 1. The Balaban J connectivity index is 2.09. The number of rotatable bonds is 8. The Morgan fingerprint density at radius 2 is 2.26 bits per heavy atom. The Kier molecular flexibility index (Phi) is 5.16. The lowest BCUT2D eigenvalue weighted by Crippen LogP contribution is -2.35. The van der Waals surface area contributed by atoms with E-state index in [1.807, 2.05) is 12.3 Å². The molecular formula is C15H25N3O. The van der Waals surface area contributed by atoms with E-state index in [0.717, 1.165) is 31.6 Å². The highest BCUT2D eigenvalue weighted by Gasteiger charge is 2.21. The molecule has 0 atom stereocenters. The Hall–Kier alpha value is -1.13. The predicted molar refractivity (Wildman–Crippen MR) is 78.5 cm³/mol. The first-order chi connectivity index (χ1) is 9.22. The zero-order valence-electron chi connectivity index (χ0n) is 12.2. The minimum atomic E-state index is 0.421. The summed E-state index contributed by atoms with van der Waals surface area (Å²) in [7, 11) is 1.74. The highest BCUT2D eigenvalue weighted by Crippen LogP contribution is 2.23. The molecule has 1 saturated carbocycles. The molecule has 0 bridgehead atoms. The molecule has 1 aliphatic rings. The molecular weight excluding hydrogens is 238 g/mol. The van der Waals surface area contributed by atoms with Gasteiger partial charge in [-0.05, 0) is 32.8 Å². The quantitative estimate of drug-likeness (QED) is 0.780. The average molecular weight is 263 g/mol. The lowest BCUT2D eigenvalue weighted by Gasteiger charge is -2.29. The van der Waals surface area contributed by atoms with Crippen molar-refractivity contribution in [3.05, 3.63) is 23.9 Å². The Labute approximate surface area is 116 Å². The van der Waals surface area contributed by atoms with Gasteiger partial charge in [0.2, 0.25) is 0 Å². The number of hydrogen-bond acceptors (Lipinski definition) is 4. The van der Waals surface area contributed by atoms with Crippen LogP contribution in [-0.2, 0) is 11.3 Å². The summed E-state index contributed by atoms with van der Waals surface area (Å²) in [6, 6.07) is 5.33. The van der Waals surface area contributed by atoms with Gasteiger partial charge in [0.15, 0.2) is 0 Å². The molecule has 1 aromatic rings. The number of nitrogens with zero attached hydrogens (tertiary/aromatic N) is 2.